The summed E-state index contributed by atoms with van der Waals surface area (Å²) in [6, 6.07) is 8.29. The van der Waals surface area contributed by atoms with E-state index in [-0.39, 0.29) is 11.7 Å². The average molecular weight is 338 g/mol. The molecule has 2 N–H and O–H groups in total. The van der Waals surface area contributed by atoms with Gasteiger partial charge in [0.05, 0.1) is 17.2 Å². The van der Waals surface area contributed by atoms with Crippen LogP contribution in [0.25, 0.3) is 22.6 Å². The standard InChI is InChI=1S/C16H18N8O/c1-10(2)24-13-6-4-3-5-11(13)17-15(24)12-9-23(22-19-12)8-7-14-18-16(25)21-20-14/h3-6,9-10H,7-8H2,1-2H3,(H2,18,20,21,25). The number of para-hydroxylation sites is 2. The summed E-state index contributed by atoms with van der Waals surface area (Å²) >= 11 is 0. The third-order valence-corrected chi connectivity index (χ3v) is 4.01. The zero-order valence-electron chi connectivity index (χ0n) is 14.0. The summed E-state index contributed by atoms with van der Waals surface area (Å²) in [6.45, 7) is 4.81. The van der Waals surface area contributed by atoms with Crippen molar-refractivity contribution < 1.29 is 0 Å². The van der Waals surface area contributed by atoms with Crippen molar-refractivity contribution in [3.8, 4) is 11.5 Å². The maximum Gasteiger partial charge on any atom is 0.340 e. The minimum atomic E-state index is -0.306. The van der Waals surface area contributed by atoms with Gasteiger partial charge in [-0.2, -0.15) is 5.10 Å². The molecule has 128 valence electrons. The van der Waals surface area contributed by atoms with E-state index in [4.69, 9.17) is 4.98 Å². The summed E-state index contributed by atoms with van der Waals surface area (Å²) < 4.78 is 3.89. The van der Waals surface area contributed by atoms with Gasteiger partial charge in [-0.3, -0.25) is 9.67 Å². The molecular weight excluding hydrogens is 320 g/mol. The first-order chi connectivity index (χ1) is 12.1. The zero-order chi connectivity index (χ0) is 17.4. The van der Waals surface area contributed by atoms with Gasteiger partial charge in [0, 0.05) is 19.0 Å². The van der Waals surface area contributed by atoms with Crippen LogP contribution in [0.3, 0.4) is 0 Å². The van der Waals surface area contributed by atoms with Gasteiger partial charge >= 0.3 is 5.69 Å². The van der Waals surface area contributed by atoms with Gasteiger partial charge in [-0.25, -0.2) is 14.9 Å². The molecule has 9 heteroatoms. The molecule has 0 bridgehead atoms. The van der Waals surface area contributed by atoms with Crippen LogP contribution in [0.1, 0.15) is 25.7 Å². The summed E-state index contributed by atoms with van der Waals surface area (Å²) in [4.78, 5) is 18.4. The Kier molecular flexibility index (Phi) is 3.68. The first-order valence-corrected chi connectivity index (χ1v) is 8.13. The topological polar surface area (TPSA) is 110 Å². The molecule has 0 fully saturated rings. The second-order valence-electron chi connectivity index (χ2n) is 6.13. The van der Waals surface area contributed by atoms with E-state index in [0.717, 1.165) is 22.6 Å². The van der Waals surface area contributed by atoms with Crippen LogP contribution in [0.5, 0.6) is 0 Å². The number of fused-ring (bicyclic) bond motifs is 1. The number of aromatic nitrogens is 8. The van der Waals surface area contributed by atoms with Gasteiger partial charge < -0.3 is 4.57 Å². The highest BCUT2D eigenvalue weighted by molar-refractivity contribution is 5.80. The van der Waals surface area contributed by atoms with E-state index in [1.54, 1.807) is 4.68 Å². The largest absolute Gasteiger partial charge is 0.340 e. The Labute approximate surface area is 142 Å². The Morgan fingerprint density at radius 2 is 2.08 bits per heavy atom. The second kappa shape index (κ2) is 6.00. The number of hydrogen-bond donors (Lipinski definition) is 2. The van der Waals surface area contributed by atoms with E-state index in [0.29, 0.717) is 18.8 Å². The molecule has 0 radical (unpaired) electrons. The number of aromatic amines is 2. The molecule has 0 aliphatic carbocycles. The highest BCUT2D eigenvalue weighted by Crippen LogP contribution is 2.26. The smallest absolute Gasteiger partial charge is 0.320 e. The van der Waals surface area contributed by atoms with E-state index < -0.39 is 0 Å². The average Bonchev–Trinajstić information content (AvgIpc) is 3.30. The van der Waals surface area contributed by atoms with Crippen LogP contribution in [-0.2, 0) is 13.0 Å². The Bertz CT molecular complexity index is 1070. The molecule has 25 heavy (non-hydrogen) atoms. The van der Waals surface area contributed by atoms with Gasteiger partial charge in [-0.05, 0) is 26.0 Å². The molecular formula is C16H18N8O. The van der Waals surface area contributed by atoms with Crippen LogP contribution < -0.4 is 5.69 Å². The minimum Gasteiger partial charge on any atom is -0.320 e. The lowest BCUT2D eigenvalue weighted by Gasteiger charge is -2.11. The van der Waals surface area contributed by atoms with Crippen molar-refractivity contribution in [3.05, 3.63) is 46.8 Å². The van der Waals surface area contributed by atoms with Crippen molar-refractivity contribution in [2.45, 2.75) is 32.9 Å². The molecule has 0 unspecified atom stereocenters. The predicted molar refractivity (Wildman–Crippen MR) is 92.0 cm³/mol. The molecule has 3 aromatic heterocycles. The van der Waals surface area contributed by atoms with Gasteiger partial charge in [-0.15, -0.1) is 5.10 Å². The van der Waals surface area contributed by atoms with Crippen LogP contribution in [0.4, 0.5) is 0 Å². The SMILES string of the molecule is CC(C)n1c(-c2cn(CCc3n[nH]c(=O)[nH]3)nn2)nc2ccccc21. The van der Waals surface area contributed by atoms with Gasteiger partial charge in [0.2, 0.25) is 0 Å². The van der Waals surface area contributed by atoms with E-state index in [9.17, 15) is 4.79 Å². The molecule has 4 rings (SSSR count). The van der Waals surface area contributed by atoms with Crippen molar-refractivity contribution >= 4 is 11.0 Å². The van der Waals surface area contributed by atoms with E-state index >= 15 is 0 Å². The molecule has 9 nitrogen and oxygen atoms in total. The first-order valence-electron chi connectivity index (χ1n) is 8.13. The Balaban J connectivity index is 1.64. The van der Waals surface area contributed by atoms with E-state index in [1.165, 1.54) is 0 Å². The summed E-state index contributed by atoms with van der Waals surface area (Å²) in [5, 5.41) is 14.7. The zero-order valence-corrected chi connectivity index (χ0v) is 14.0. The molecule has 0 spiro atoms. The molecule has 0 amide bonds. The second-order valence-corrected chi connectivity index (χ2v) is 6.13. The number of rotatable bonds is 5. The minimum absolute atomic E-state index is 0.252. The fraction of sp³-hybridized carbons (Fsp3) is 0.312. The summed E-state index contributed by atoms with van der Waals surface area (Å²) in [7, 11) is 0. The molecule has 0 saturated heterocycles. The van der Waals surface area contributed by atoms with E-state index in [1.807, 2.05) is 24.4 Å². The van der Waals surface area contributed by atoms with Gasteiger partial charge in [0.25, 0.3) is 0 Å². The predicted octanol–water partition coefficient (Wildman–Crippen LogP) is 1.53. The third-order valence-electron chi connectivity index (χ3n) is 4.01. The first kappa shape index (κ1) is 15.3. The number of nitrogens with zero attached hydrogens (tertiary/aromatic N) is 6. The molecule has 4 aromatic rings. The van der Waals surface area contributed by atoms with Gasteiger partial charge in [-0.1, -0.05) is 17.3 Å². The molecule has 0 aliphatic heterocycles. The lowest BCUT2D eigenvalue weighted by molar-refractivity contribution is 0.578. The van der Waals surface area contributed by atoms with Crippen molar-refractivity contribution in [2.24, 2.45) is 0 Å². The third kappa shape index (κ3) is 2.84. The van der Waals surface area contributed by atoms with Crippen LogP contribution in [0, 0.1) is 0 Å². The van der Waals surface area contributed by atoms with Crippen molar-refractivity contribution in [3.63, 3.8) is 0 Å². The van der Waals surface area contributed by atoms with Crippen LogP contribution in [-0.4, -0.2) is 39.7 Å². The quantitative estimate of drug-likeness (QED) is 0.573. The molecule has 0 aliphatic rings. The Hall–Kier alpha value is -3.23. The lowest BCUT2D eigenvalue weighted by atomic mass is 10.3. The molecule has 1 aromatic carbocycles. The van der Waals surface area contributed by atoms with Crippen molar-refractivity contribution in [1.82, 2.24) is 39.7 Å². The van der Waals surface area contributed by atoms with Gasteiger partial charge in [0.1, 0.15) is 11.5 Å². The van der Waals surface area contributed by atoms with Gasteiger partial charge in [0.15, 0.2) is 5.82 Å². The summed E-state index contributed by atoms with van der Waals surface area (Å²) in [5.41, 5.74) is 2.44. The maximum absolute atomic E-state index is 11.1. The fourth-order valence-electron chi connectivity index (χ4n) is 2.90. The van der Waals surface area contributed by atoms with Crippen LogP contribution in [0.15, 0.2) is 35.3 Å². The normalized spacial score (nSPS) is 11.6. The monoisotopic (exact) mass is 338 g/mol. The summed E-state index contributed by atoms with van der Waals surface area (Å²) in [5.74, 6) is 1.40. The number of nitrogens with one attached hydrogen (secondary N) is 2. The highest BCUT2D eigenvalue weighted by Gasteiger charge is 2.17. The lowest BCUT2D eigenvalue weighted by Crippen LogP contribution is -2.05. The Morgan fingerprint density at radius 1 is 1.24 bits per heavy atom. The number of imidazole rings is 1. The van der Waals surface area contributed by atoms with Crippen LogP contribution in [0.2, 0.25) is 0 Å². The number of hydrogen-bond acceptors (Lipinski definition) is 5. The number of H-pyrrole nitrogens is 2. The van der Waals surface area contributed by atoms with Crippen molar-refractivity contribution in [1.29, 1.82) is 0 Å². The number of benzene rings is 1. The highest BCUT2D eigenvalue weighted by atomic mass is 16.1. The molecule has 3 heterocycles. The number of aryl methyl sites for hydroxylation is 2. The fourth-order valence-corrected chi connectivity index (χ4v) is 2.90. The van der Waals surface area contributed by atoms with E-state index in [2.05, 4.69) is 50.0 Å². The molecule has 0 saturated carbocycles. The molecule has 0 atom stereocenters. The Morgan fingerprint density at radius 3 is 2.84 bits per heavy atom. The summed E-state index contributed by atoms with van der Waals surface area (Å²) in [6.07, 6.45) is 2.42. The maximum atomic E-state index is 11.1. The van der Waals surface area contributed by atoms with Crippen molar-refractivity contribution in [2.75, 3.05) is 0 Å². The van der Waals surface area contributed by atoms with Crippen LogP contribution >= 0.6 is 0 Å².